The molecular weight excluding hydrogens is 390 g/mol. The summed E-state index contributed by atoms with van der Waals surface area (Å²) >= 11 is 0. The van der Waals surface area contributed by atoms with Crippen LogP contribution in [0, 0.1) is 5.92 Å². The third-order valence-electron chi connectivity index (χ3n) is 5.69. The van der Waals surface area contributed by atoms with Gasteiger partial charge in [-0.05, 0) is 51.5 Å². The van der Waals surface area contributed by atoms with Gasteiger partial charge in [0.25, 0.3) is 0 Å². The van der Waals surface area contributed by atoms with Crippen molar-refractivity contribution in [1.82, 2.24) is 15.5 Å². The summed E-state index contributed by atoms with van der Waals surface area (Å²) in [5.74, 6) is -2.42. The van der Waals surface area contributed by atoms with Crippen LogP contribution in [0.4, 0.5) is 0 Å². The molecule has 1 saturated heterocycles. The predicted octanol–water partition coefficient (Wildman–Crippen LogP) is -0.446. The predicted molar refractivity (Wildman–Crippen MR) is 112 cm³/mol. The third-order valence-corrected chi connectivity index (χ3v) is 5.69. The third kappa shape index (κ3) is 7.24. The molecule has 5 atom stereocenters. The Kier molecular flexibility index (Phi) is 10.8. The van der Waals surface area contributed by atoms with Crippen LogP contribution in [0.5, 0.6) is 0 Å². The molecule has 172 valence electrons. The highest BCUT2D eigenvalue weighted by Crippen LogP contribution is 2.20. The summed E-state index contributed by atoms with van der Waals surface area (Å²) < 4.78 is 0. The number of nitrogens with two attached hydrogens (primary N) is 2. The van der Waals surface area contributed by atoms with E-state index in [1.807, 2.05) is 13.8 Å². The number of carboxylic acids is 1. The maximum atomic E-state index is 12.7. The molecule has 0 bridgehead atoms. The fourth-order valence-corrected chi connectivity index (χ4v) is 3.41. The lowest BCUT2D eigenvalue weighted by molar-refractivity contribution is -0.143. The molecule has 0 radical (unpaired) electrons. The fourth-order valence-electron chi connectivity index (χ4n) is 3.41. The smallest absolute Gasteiger partial charge is 0.326 e. The topological polar surface area (TPSA) is 168 Å². The molecule has 1 heterocycles. The molecule has 0 spiro atoms. The van der Waals surface area contributed by atoms with Crippen molar-refractivity contribution < 1.29 is 24.3 Å². The molecule has 0 aromatic heterocycles. The minimum Gasteiger partial charge on any atom is -0.480 e. The van der Waals surface area contributed by atoms with Crippen molar-refractivity contribution in [3.8, 4) is 0 Å². The number of carbonyl (C=O) groups excluding carboxylic acids is 3. The van der Waals surface area contributed by atoms with Crippen molar-refractivity contribution in [3.05, 3.63) is 0 Å². The number of carboxylic acid groups (broad SMARTS) is 1. The van der Waals surface area contributed by atoms with E-state index in [4.69, 9.17) is 11.5 Å². The first-order valence-electron chi connectivity index (χ1n) is 10.7. The molecule has 10 nitrogen and oxygen atoms in total. The monoisotopic (exact) mass is 427 g/mol. The van der Waals surface area contributed by atoms with Gasteiger partial charge in [-0.3, -0.25) is 14.4 Å². The van der Waals surface area contributed by atoms with E-state index in [9.17, 15) is 24.3 Å². The first-order valence-corrected chi connectivity index (χ1v) is 10.7. The van der Waals surface area contributed by atoms with Gasteiger partial charge in [0, 0.05) is 6.54 Å². The van der Waals surface area contributed by atoms with Crippen LogP contribution in [0.1, 0.15) is 59.3 Å². The van der Waals surface area contributed by atoms with Gasteiger partial charge >= 0.3 is 5.97 Å². The average molecular weight is 428 g/mol. The zero-order valence-corrected chi connectivity index (χ0v) is 18.2. The van der Waals surface area contributed by atoms with Crippen LogP contribution in [0.25, 0.3) is 0 Å². The molecule has 1 fully saturated rings. The largest absolute Gasteiger partial charge is 0.480 e. The van der Waals surface area contributed by atoms with E-state index in [0.29, 0.717) is 38.8 Å². The van der Waals surface area contributed by atoms with Crippen molar-refractivity contribution in [3.63, 3.8) is 0 Å². The molecule has 10 heteroatoms. The lowest BCUT2D eigenvalue weighted by Gasteiger charge is -2.29. The number of carbonyl (C=O) groups is 4. The van der Waals surface area contributed by atoms with Crippen molar-refractivity contribution >= 4 is 23.7 Å². The summed E-state index contributed by atoms with van der Waals surface area (Å²) in [7, 11) is 0. The highest BCUT2D eigenvalue weighted by Gasteiger charge is 2.38. The Labute approximate surface area is 178 Å². The zero-order valence-electron chi connectivity index (χ0n) is 18.2. The molecule has 7 N–H and O–H groups in total. The van der Waals surface area contributed by atoms with E-state index < -0.39 is 42.0 Å². The molecule has 0 aromatic carbocycles. The number of aliphatic carboxylic acids is 1. The van der Waals surface area contributed by atoms with Crippen LogP contribution in [-0.2, 0) is 19.2 Å². The van der Waals surface area contributed by atoms with Gasteiger partial charge in [-0.1, -0.05) is 20.3 Å². The van der Waals surface area contributed by atoms with Crippen molar-refractivity contribution in [2.45, 2.75) is 83.5 Å². The summed E-state index contributed by atoms with van der Waals surface area (Å²) in [6.07, 6.45) is 3.43. The molecule has 3 amide bonds. The van der Waals surface area contributed by atoms with Gasteiger partial charge < -0.3 is 32.1 Å². The number of amides is 3. The number of nitrogens with one attached hydrogen (secondary N) is 2. The molecule has 1 aliphatic heterocycles. The first-order chi connectivity index (χ1) is 14.1. The average Bonchev–Trinajstić information content (AvgIpc) is 3.21. The second-order valence-electron chi connectivity index (χ2n) is 8.02. The first kappa shape index (κ1) is 25.8. The quantitative estimate of drug-likeness (QED) is 0.263. The Bertz CT molecular complexity index is 614. The van der Waals surface area contributed by atoms with E-state index >= 15 is 0 Å². The van der Waals surface area contributed by atoms with Gasteiger partial charge in [0.15, 0.2) is 0 Å². The van der Waals surface area contributed by atoms with Gasteiger partial charge in [-0.15, -0.1) is 0 Å². The lowest BCUT2D eigenvalue weighted by atomic mass is 9.98. The van der Waals surface area contributed by atoms with Crippen LogP contribution in [0.15, 0.2) is 0 Å². The van der Waals surface area contributed by atoms with Gasteiger partial charge in [0.05, 0.1) is 6.04 Å². The van der Waals surface area contributed by atoms with Gasteiger partial charge in [0.2, 0.25) is 17.7 Å². The number of likely N-dealkylation sites (tertiary alicyclic amines) is 1. The summed E-state index contributed by atoms with van der Waals surface area (Å²) in [4.78, 5) is 50.6. The number of hydrogen-bond donors (Lipinski definition) is 5. The fraction of sp³-hybridized carbons (Fsp3) is 0.800. The van der Waals surface area contributed by atoms with Crippen molar-refractivity contribution in [2.24, 2.45) is 17.4 Å². The summed E-state index contributed by atoms with van der Waals surface area (Å²) in [5, 5.41) is 14.3. The van der Waals surface area contributed by atoms with Crippen LogP contribution in [0.3, 0.4) is 0 Å². The van der Waals surface area contributed by atoms with E-state index in [0.717, 1.165) is 6.42 Å². The number of unbranched alkanes of at least 4 members (excludes halogenated alkanes) is 1. The minimum atomic E-state index is -1.13. The summed E-state index contributed by atoms with van der Waals surface area (Å²) in [5.41, 5.74) is 11.5. The molecule has 0 aliphatic carbocycles. The summed E-state index contributed by atoms with van der Waals surface area (Å²) in [6, 6.07) is -3.33. The zero-order chi connectivity index (χ0) is 22.8. The van der Waals surface area contributed by atoms with E-state index in [2.05, 4.69) is 10.6 Å². The molecule has 1 rings (SSSR count). The van der Waals surface area contributed by atoms with Crippen LogP contribution in [-0.4, -0.2) is 71.0 Å². The molecule has 0 saturated carbocycles. The van der Waals surface area contributed by atoms with Gasteiger partial charge in [-0.25, -0.2) is 4.79 Å². The second-order valence-corrected chi connectivity index (χ2v) is 8.02. The number of hydrogen-bond acceptors (Lipinski definition) is 6. The lowest BCUT2D eigenvalue weighted by Crippen LogP contribution is -2.56. The van der Waals surface area contributed by atoms with E-state index in [1.54, 1.807) is 0 Å². The summed E-state index contributed by atoms with van der Waals surface area (Å²) in [6.45, 7) is 6.23. The van der Waals surface area contributed by atoms with Crippen molar-refractivity contribution in [1.29, 1.82) is 0 Å². The van der Waals surface area contributed by atoms with Crippen LogP contribution in [0.2, 0.25) is 0 Å². The Morgan fingerprint density at radius 1 is 1.17 bits per heavy atom. The van der Waals surface area contributed by atoms with Crippen LogP contribution < -0.4 is 22.1 Å². The molecule has 30 heavy (non-hydrogen) atoms. The minimum absolute atomic E-state index is 0.00117. The van der Waals surface area contributed by atoms with Crippen molar-refractivity contribution in [2.75, 3.05) is 13.1 Å². The van der Waals surface area contributed by atoms with Gasteiger partial charge in [0.1, 0.15) is 18.1 Å². The van der Waals surface area contributed by atoms with Gasteiger partial charge in [-0.2, -0.15) is 0 Å². The maximum Gasteiger partial charge on any atom is 0.326 e. The number of rotatable bonds is 12. The Morgan fingerprint density at radius 2 is 1.83 bits per heavy atom. The van der Waals surface area contributed by atoms with E-state index in [-0.39, 0.29) is 18.2 Å². The highest BCUT2D eigenvalue weighted by molar-refractivity contribution is 5.94. The highest BCUT2D eigenvalue weighted by atomic mass is 16.4. The molecule has 1 aliphatic rings. The Morgan fingerprint density at radius 3 is 2.40 bits per heavy atom. The normalized spacial score (nSPS) is 20.2. The number of nitrogens with zero attached hydrogens (tertiary/aromatic N) is 1. The maximum absolute atomic E-state index is 12.7. The van der Waals surface area contributed by atoms with Crippen LogP contribution >= 0.6 is 0 Å². The molecule has 0 aromatic rings. The standard InChI is InChI=1S/C20H37N5O5/c1-4-12(2)16(22)19(28)25-11-7-9-15(25)18(27)23-13(3)17(26)24-14(20(29)30)8-5-6-10-21/h12-16H,4-11,21-22H2,1-3H3,(H,23,27)(H,24,26)(H,29,30). The molecule has 5 unspecified atom stereocenters. The second kappa shape index (κ2) is 12.5. The molecular formula is C20H37N5O5. The SMILES string of the molecule is CCC(C)C(N)C(=O)N1CCCC1C(=O)NC(C)C(=O)NC(CCCCN)C(=O)O. The van der Waals surface area contributed by atoms with E-state index in [1.165, 1.54) is 11.8 Å². The Balaban J connectivity index is 2.67. The Hall–Kier alpha value is -2.20.